The fraction of sp³-hybridized carbons (Fsp3) is 0.364. The summed E-state index contributed by atoms with van der Waals surface area (Å²) < 4.78 is 2.68. The number of aryl methyl sites for hydroxylation is 1. The van der Waals surface area contributed by atoms with Crippen molar-refractivity contribution in [3.63, 3.8) is 0 Å². The Labute approximate surface area is 93.7 Å². The van der Waals surface area contributed by atoms with Gasteiger partial charge in [0.1, 0.15) is 0 Å². The molecule has 0 saturated carbocycles. The highest BCUT2D eigenvalue weighted by Gasteiger charge is 2.16. The maximum atomic E-state index is 12.0. The van der Waals surface area contributed by atoms with Crippen molar-refractivity contribution < 1.29 is 4.79 Å². The molecule has 2 aromatic heterocycles. The van der Waals surface area contributed by atoms with Crippen LogP contribution in [0.2, 0.25) is 0 Å². The van der Waals surface area contributed by atoms with Gasteiger partial charge in [-0.25, -0.2) is 4.79 Å². The summed E-state index contributed by atoms with van der Waals surface area (Å²) >= 11 is 0. The lowest BCUT2D eigenvalue weighted by Crippen LogP contribution is -2.22. The molecule has 5 nitrogen and oxygen atoms in total. The van der Waals surface area contributed by atoms with Gasteiger partial charge >= 0.3 is 6.03 Å². The predicted octanol–water partition coefficient (Wildman–Crippen LogP) is 1.78. The molecule has 0 radical (unpaired) electrons. The second kappa shape index (κ2) is 3.92. The highest BCUT2D eigenvalue weighted by atomic mass is 16.2. The van der Waals surface area contributed by atoms with Crippen molar-refractivity contribution in [2.75, 3.05) is 0 Å². The molecule has 0 amide bonds. The van der Waals surface area contributed by atoms with Gasteiger partial charge in [-0.05, 0) is 31.9 Å². The van der Waals surface area contributed by atoms with E-state index in [2.05, 4.69) is 17.1 Å². The van der Waals surface area contributed by atoms with Crippen LogP contribution in [-0.2, 0) is 6.42 Å². The molecule has 0 aliphatic carbocycles. The number of carbonyl (C=O) groups excluding carboxylic acids is 1. The highest BCUT2D eigenvalue weighted by molar-refractivity contribution is 5.78. The summed E-state index contributed by atoms with van der Waals surface area (Å²) in [5.74, 6) is 0. The minimum absolute atomic E-state index is 0.245. The Hall–Kier alpha value is -1.91. The van der Waals surface area contributed by atoms with Crippen molar-refractivity contribution in [1.82, 2.24) is 19.6 Å². The lowest BCUT2D eigenvalue weighted by Gasteiger charge is -2.02. The maximum Gasteiger partial charge on any atom is 0.369 e. The first-order chi connectivity index (χ1) is 7.65. The first-order valence-corrected chi connectivity index (χ1v) is 5.24. The summed E-state index contributed by atoms with van der Waals surface area (Å²) in [5.41, 5.74) is 2.92. The minimum atomic E-state index is -0.245. The zero-order valence-electron chi connectivity index (χ0n) is 9.64. The third kappa shape index (κ3) is 1.54. The summed E-state index contributed by atoms with van der Waals surface area (Å²) in [7, 11) is 0. The smallest absolute Gasteiger partial charge is 0.244 e. The monoisotopic (exact) mass is 218 g/mol. The van der Waals surface area contributed by atoms with Crippen LogP contribution >= 0.6 is 0 Å². The molecule has 0 aromatic carbocycles. The van der Waals surface area contributed by atoms with Crippen molar-refractivity contribution in [2.45, 2.75) is 27.2 Å². The summed E-state index contributed by atoms with van der Waals surface area (Å²) in [5, 5.41) is 8.15. The van der Waals surface area contributed by atoms with Gasteiger partial charge in [-0.3, -0.25) is 0 Å². The van der Waals surface area contributed by atoms with Gasteiger partial charge < -0.3 is 0 Å². The van der Waals surface area contributed by atoms with Gasteiger partial charge in [0.2, 0.25) is 0 Å². The van der Waals surface area contributed by atoms with E-state index >= 15 is 0 Å². The molecule has 84 valence electrons. The van der Waals surface area contributed by atoms with Crippen LogP contribution < -0.4 is 0 Å². The minimum Gasteiger partial charge on any atom is -0.244 e. The standard InChI is InChI=1S/C11H14N4O/c1-4-10-8(2)13-15(9(10)3)11(16)14-7-5-6-12-14/h5-7H,4H2,1-3H3. The van der Waals surface area contributed by atoms with Crippen LogP contribution in [0, 0.1) is 13.8 Å². The molecule has 0 bridgehead atoms. The van der Waals surface area contributed by atoms with Crippen molar-refractivity contribution in [1.29, 1.82) is 0 Å². The normalized spacial score (nSPS) is 10.7. The molecule has 0 N–H and O–H groups in total. The molecule has 2 heterocycles. The average Bonchev–Trinajstić information content (AvgIpc) is 2.86. The number of aromatic nitrogens is 4. The topological polar surface area (TPSA) is 52.7 Å². The Balaban J connectivity index is 2.46. The van der Waals surface area contributed by atoms with E-state index in [0.29, 0.717) is 0 Å². The van der Waals surface area contributed by atoms with Gasteiger partial charge in [0.15, 0.2) is 0 Å². The Morgan fingerprint density at radius 3 is 2.69 bits per heavy atom. The molecular formula is C11H14N4O. The second-order valence-electron chi connectivity index (χ2n) is 3.65. The van der Waals surface area contributed by atoms with E-state index in [0.717, 1.165) is 23.4 Å². The zero-order chi connectivity index (χ0) is 11.7. The number of hydrogen-bond donors (Lipinski definition) is 0. The molecule has 0 aliphatic rings. The van der Waals surface area contributed by atoms with E-state index in [4.69, 9.17) is 0 Å². The first kappa shape index (κ1) is 10.6. The van der Waals surface area contributed by atoms with E-state index in [1.807, 2.05) is 13.8 Å². The molecular weight excluding hydrogens is 204 g/mol. The number of rotatable bonds is 1. The zero-order valence-corrected chi connectivity index (χ0v) is 9.64. The molecule has 5 heteroatoms. The average molecular weight is 218 g/mol. The fourth-order valence-corrected chi connectivity index (χ4v) is 1.85. The molecule has 0 spiro atoms. The second-order valence-corrected chi connectivity index (χ2v) is 3.65. The van der Waals surface area contributed by atoms with Crippen molar-refractivity contribution in [2.24, 2.45) is 0 Å². The largest absolute Gasteiger partial charge is 0.369 e. The predicted molar refractivity (Wildman–Crippen MR) is 59.5 cm³/mol. The Bertz CT molecular complexity index is 510. The van der Waals surface area contributed by atoms with Crippen molar-refractivity contribution in [3.05, 3.63) is 35.4 Å². The van der Waals surface area contributed by atoms with Crippen LogP contribution in [0.1, 0.15) is 23.9 Å². The van der Waals surface area contributed by atoms with E-state index in [1.54, 1.807) is 18.5 Å². The first-order valence-electron chi connectivity index (χ1n) is 5.24. The molecule has 2 aromatic rings. The van der Waals surface area contributed by atoms with Crippen LogP contribution in [0.25, 0.3) is 0 Å². The molecule has 0 fully saturated rings. The SMILES string of the molecule is CCc1c(C)nn(C(=O)n2cccn2)c1C. The van der Waals surface area contributed by atoms with E-state index in [1.165, 1.54) is 9.36 Å². The van der Waals surface area contributed by atoms with Crippen LogP contribution in [-0.4, -0.2) is 25.6 Å². The summed E-state index contributed by atoms with van der Waals surface area (Å²) in [6.07, 6.45) is 4.07. The molecule has 16 heavy (non-hydrogen) atoms. The van der Waals surface area contributed by atoms with Crippen molar-refractivity contribution >= 4 is 6.03 Å². The van der Waals surface area contributed by atoms with Gasteiger partial charge in [0.05, 0.1) is 5.69 Å². The molecule has 2 rings (SSSR count). The Morgan fingerprint density at radius 2 is 2.19 bits per heavy atom. The quantitative estimate of drug-likeness (QED) is 0.733. The van der Waals surface area contributed by atoms with Crippen LogP contribution in [0.3, 0.4) is 0 Å². The Morgan fingerprint density at radius 1 is 1.44 bits per heavy atom. The molecule has 0 aliphatic heterocycles. The van der Waals surface area contributed by atoms with Gasteiger partial charge in [0.25, 0.3) is 0 Å². The van der Waals surface area contributed by atoms with Gasteiger partial charge in [0, 0.05) is 18.1 Å². The van der Waals surface area contributed by atoms with E-state index in [9.17, 15) is 4.79 Å². The van der Waals surface area contributed by atoms with Gasteiger partial charge in [-0.1, -0.05) is 6.92 Å². The van der Waals surface area contributed by atoms with Crippen LogP contribution in [0.15, 0.2) is 18.5 Å². The maximum absolute atomic E-state index is 12.0. The van der Waals surface area contributed by atoms with Gasteiger partial charge in [-0.2, -0.15) is 19.6 Å². The molecule has 0 saturated heterocycles. The third-order valence-corrected chi connectivity index (χ3v) is 2.68. The molecule has 0 atom stereocenters. The number of hydrogen-bond acceptors (Lipinski definition) is 3. The number of nitrogens with zero attached hydrogens (tertiary/aromatic N) is 4. The van der Waals surface area contributed by atoms with E-state index in [-0.39, 0.29) is 6.03 Å². The van der Waals surface area contributed by atoms with E-state index < -0.39 is 0 Å². The summed E-state index contributed by atoms with van der Waals surface area (Å²) in [4.78, 5) is 12.0. The number of carbonyl (C=O) groups is 1. The lowest BCUT2D eigenvalue weighted by atomic mass is 10.1. The summed E-state index contributed by atoms with van der Waals surface area (Å²) in [6.45, 7) is 5.87. The van der Waals surface area contributed by atoms with Crippen LogP contribution in [0.4, 0.5) is 4.79 Å². The third-order valence-electron chi connectivity index (χ3n) is 2.68. The summed E-state index contributed by atoms with van der Waals surface area (Å²) in [6, 6.07) is 1.47. The van der Waals surface area contributed by atoms with Crippen molar-refractivity contribution in [3.8, 4) is 0 Å². The Kier molecular flexibility index (Phi) is 2.60. The lowest BCUT2D eigenvalue weighted by molar-refractivity contribution is 0.237. The van der Waals surface area contributed by atoms with Crippen LogP contribution in [0.5, 0.6) is 0 Å². The fourth-order valence-electron chi connectivity index (χ4n) is 1.85. The molecule has 0 unspecified atom stereocenters. The highest BCUT2D eigenvalue weighted by Crippen LogP contribution is 2.13. The van der Waals surface area contributed by atoms with Gasteiger partial charge in [-0.15, -0.1) is 0 Å².